The third-order valence-electron chi connectivity index (χ3n) is 4.23. The number of benzene rings is 1. The van der Waals surface area contributed by atoms with Gasteiger partial charge in [0.1, 0.15) is 6.04 Å². The molecule has 0 bridgehead atoms. The van der Waals surface area contributed by atoms with Crippen molar-refractivity contribution >= 4 is 11.8 Å². The molecule has 2 aliphatic heterocycles. The third kappa shape index (κ3) is 3.42. The molecular formula is C16H21N3O2. The minimum atomic E-state index is -0.293. The first-order chi connectivity index (χ1) is 10.2. The van der Waals surface area contributed by atoms with Crippen molar-refractivity contribution in [2.45, 2.75) is 25.4 Å². The minimum Gasteiger partial charge on any atom is -0.344 e. The fourth-order valence-corrected chi connectivity index (χ4v) is 2.99. The van der Waals surface area contributed by atoms with E-state index >= 15 is 0 Å². The maximum atomic E-state index is 12.3. The molecule has 1 aromatic carbocycles. The number of piperazine rings is 1. The molecule has 0 spiro atoms. The lowest BCUT2D eigenvalue weighted by Crippen LogP contribution is -2.53. The summed E-state index contributed by atoms with van der Waals surface area (Å²) in [5, 5.41) is 2.76. The minimum absolute atomic E-state index is 0.00364. The van der Waals surface area contributed by atoms with Crippen LogP contribution in [0, 0.1) is 0 Å². The quantitative estimate of drug-likeness (QED) is 0.886. The molecule has 0 aromatic heterocycles. The monoisotopic (exact) mass is 287 g/mol. The van der Waals surface area contributed by atoms with Gasteiger partial charge in [0.05, 0.1) is 0 Å². The Kier molecular flexibility index (Phi) is 4.20. The highest BCUT2D eigenvalue weighted by Crippen LogP contribution is 2.13. The predicted octanol–water partition coefficient (Wildman–Crippen LogP) is 0.609. The summed E-state index contributed by atoms with van der Waals surface area (Å²) in [6.45, 7) is 4.21. The second-order valence-electron chi connectivity index (χ2n) is 5.75. The number of hydrogen-bond acceptors (Lipinski definition) is 3. The Morgan fingerprint density at radius 1 is 1.14 bits per heavy atom. The Labute approximate surface area is 124 Å². The standard InChI is InChI=1S/C16H21N3O2/c20-15-7-6-14(17-15)16(21)19-10-8-18(9-11-19)12-13-4-2-1-3-5-13/h1-5,14H,6-12H2,(H,17,20)/t14-/m0/s1. The van der Waals surface area contributed by atoms with E-state index in [1.54, 1.807) is 0 Å². The van der Waals surface area contributed by atoms with Gasteiger partial charge in [-0.25, -0.2) is 0 Å². The molecule has 1 N–H and O–H groups in total. The highest BCUT2D eigenvalue weighted by atomic mass is 16.2. The van der Waals surface area contributed by atoms with Crippen LogP contribution in [0.5, 0.6) is 0 Å². The van der Waals surface area contributed by atoms with Crippen molar-refractivity contribution in [1.82, 2.24) is 15.1 Å². The lowest BCUT2D eigenvalue weighted by atomic mass is 10.1. The summed E-state index contributed by atoms with van der Waals surface area (Å²) in [5.74, 6) is 0.0799. The molecule has 2 saturated heterocycles. The van der Waals surface area contributed by atoms with E-state index in [2.05, 4.69) is 34.5 Å². The highest BCUT2D eigenvalue weighted by Gasteiger charge is 2.32. The van der Waals surface area contributed by atoms with E-state index in [-0.39, 0.29) is 17.9 Å². The van der Waals surface area contributed by atoms with E-state index in [0.717, 1.165) is 32.7 Å². The van der Waals surface area contributed by atoms with Crippen LogP contribution < -0.4 is 5.32 Å². The van der Waals surface area contributed by atoms with Gasteiger partial charge in [-0.05, 0) is 12.0 Å². The number of amides is 2. The normalized spacial score (nSPS) is 23.1. The topological polar surface area (TPSA) is 52.7 Å². The van der Waals surface area contributed by atoms with Crippen LogP contribution in [0.15, 0.2) is 30.3 Å². The van der Waals surface area contributed by atoms with Gasteiger partial charge in [-0.2, -0.15) is 0 Å². The predicted molar refractivity (Wildman–Crippen MR) is 79.5 cm³/mol. The van der Waals surface area contributed by atoms with Crippen molar-refractivity contribution in [1.29, 1.82) is 0 Å². The maximum Gasteiger partial charge on any atom is 0.245 e. The Balaban J connectivity index is 1.49. The zero-order valence-electron chi connectivity index (χ0n) is 12.1. The summed E-state index contributed by atoms with van der Waals surface area (Å²) >= 11 is 0. The van der Waals surface area contributed by atoms with Gasteiger partial charge < -0.3 is 10.2 Å². The molecule has 0 unspecified atom stereocenters. The molecule has 1 aromatic rings. The van der Waals surface area contributed by atoms with Crippen molar-refractivity contribution in [2.24, 2.45) is 0 Å². The van der Waals surface area contributed by atoms with E-state index in [1.807, 2.05) is 11.0 Å². The molecular weight excluding hydrogens is 266 g/mol. The van der Waals surface area contributed by atoms with E-state index in [9.17, 15) is 9.59 Å². The second-order valence-corrected chi connectivity index (χ2v) is 5.75. The van der Waals surface area contributed by atoms with Crippen LogP contribution in [0.3, 0.4) is 0 Å². The summed E-state index contributed by atoms with van der Waals surface area (Å²) in [7, 11) is 0. The number of nitrogens with one attached hydrogen (secondary N) is 1. The summed E-state index contributed by atoms with van der Waals surface area (Å²) in [6, 6.07) is 10.1. The molecule has 1 atom stereocenters. The Morgan fingerprint density at radius 3 is 2.48 bits per heavy atom. The average molecular weight is 287 g/mol. The van der Waals surface area contributed by atoms with E-state index in [1.165, 1.54) is 5.56 Å². The van der Waals surface area contributed by atoms with Gasteiger partial charge in [-0.1, -0.05) is 30.3 Å². The van der Waals surface area contributed by atoms with Crippen molar-refractivity contribution < 1.29 is 9.59 Å². The number of carbonyl (C=O) groups excluding carboxylic acids is 2. The molecule has 0 aliphatic carbocycles. The lowest BCUT2D eigenvalue weighted by molar-refractivity contribution is -0.136. The van der Waals surface area contributed by atoms with Crippen molar-refractivity contribution in [3.05, 3.63) is 35.9 Å². The number of carbonyl (C=O) groups is 2. The van der Waals surface area contributed by atoms with Crippen LogP contribution in [0.4, 0.5) is 0 Å². The van der Waals surface area contributed by atoms with Crippen molar-refractivity contribution in [2.75, 3.05) is 26.2 Å². The highest BCUT2D eigenvalue weighted by molar-refractivity contribution is 5.90. The van der Waals surface area contributed by atoms with Gasteiger partial charge >= 0.3 is 0 Å². The first-order valence-corrected chi connectivity index (χ1v) is 7.57. The zero-order chi connectivity index (χ0) is 14.7. The van der Waals surface area contributed by atoms with E-state index in [4.69, 9.17) is 0 Å². The van der Waals surface area contributed by atoms with Crippen LogP contribution in [-0.4, -0.2) is 53.8 Å². The van der Waals surface area contributed by atoms with Gasteiger partial charge in [-0.15, -0.1) is 0 Å². The molecule has 21 heavy (non-hydrogen) atoms. The largest absolute Gasteiger partial charge is 0.344 e. The molecule has 2 amide bonds. The smallest absolute Gasteiger partial charge is 0.245 e. The van der Waals surface area contributed by atoms with E-state index < -0.39 is 0 Å². The molecule has 2 heterocycles. The molecule has 5 heteroatoms. The summed E-state index contributed by atoms with van der Waals surface area (Å²) in [5.41, 5.74) is 1.31. The molecule has 112 valence electrons. The number of hydrogen-bond donors (Lipinski definition) is 1. The van der Waals surface area contributed by atoms with Gasteiger partial charge in [0.15, 0.2) is 0 Å². The van der Waals surface area contributed by atoms with Gasteiger partial charge in [-0.3, -0.25) is 14.5 Å². The number of rotatable bonds is 3. The summed E-state index contributed by atoms with van der Waals surface area (Å²) in [4.78, 5) is 27.8. The average Bonchev–Trinajstić information content (AvgIpc) is 2.95. The SMILES string of the molecule is O=C1CC[C@@H](C(=O)N2CCN(Cc3ccccc3)CC2)N1. The van der Waals surface area contributed by atoms with E-state index in [0.29, 0.717) is 12.8 Å². The second kappa shape index (κ2) is 6.26. The first kappa shape index (κ1) is 14.1. The molecule has 5 nitrogen and oxygen atoms in total. The Morgan fingerprint density at radius 2 is 1.86 bits per heavy atom. The first-order valence-electron chi connectivity index (χ1n) is 7.57. The molecule has 2 aliphatic rings. The van der Waals surface area contributed by atoms with Crippen LogP contribution in [0.2, 0.25) is 0 Å². The van der Waals surface area contributed by atoms with Gasteiger partial charge in [0.2, 0.25) is 11.8 Å². The lowest BCUT2D eigenvalue weighted by Gasteiger charge is -2.35. The fraction of sp³-hybridized carbons (Fsp3) is 0.500. The molecule has 2 fully saturated rings. The van der Waals surface area contributed by atoms with Crippen molar-refractivity contribution in [3.8, 4) is 0 Å². The van der Waals surface area contributed by atoms with Crippen LogP contribution in [-0.2, 0) is 16.1 Å². The van der Waals surface area contributed by atoms with Gasteiger partial charge in [0, 0.05) is 39.1 Å². The summed E-state index contributed by atoms with van der Waals surface area (Å²) < 4.78 is 0. The maximum absolute atomic E-state index is 12.3. The third-order valence-corrected chi connectivity index (χ3v) is 4.23. The fourth-order valence-electron chi connectivity index (χ4n) is 2.99. The Hall–Kier alpha value is -1.88. The molecule has 3 rings (SSSR count). The van der Waals surface area contributed by atoms with Crippen LogP contribution in [0.25, 0.3) is 0 Å². The molecule has 0 saturated carbocycles. The Bertz CT molecular complexity index is 510. The molecule has 0 radical (unpaired) electrons. The van der Waals surface area contributed by atoms with Crippen LogP contribution in [0.1, 0.15) is 18.4 Å². The van der Waals surface area contributed by atoms with Crippen molar-refractivity contribution in [3.63, 3.8) is 0 Å². The number of nitrogens with zero attached hydrogens (tertiary/aromatic N) is 2. The van der Waals surface area contributed by atoms with Gasteiger partial charge in [0.25, 0.3) is 0 Å². The summed E-state index contributed by atoms with van der Waals surface area (Å²) in [6.07, 6.45) is 1.12. The van der Waals surface area contributed by atoms with Crippen LogP contribution >= 0.6 is 0 Å². The zero-order valence-corrected chi connectivity index (χ0v) is 12.1.